The Balaban J connectivity index is 1.78. The molecular weight excluding hydrogens is 402 g/mol. The Bertz CT molecular complexity index is 937. The zero-order valence-electron chi connectivity index (χ0n) is 14.2. The number of hydrogen-bond donors (Lipinski definition) is 1. The molecule has 1 amide bonds. The summed E-state index contributed by atoms with van der Waals surface area (Å²) in [6, 6.07) is 5.86. The fourth-order valence-electron chi connectivity index (χ4n) is 2.49. The van der Waals surface area contributed by atoms with Crippen molar-refractivity contribution in [1.29, 1.82) is 0 Å². The summed E-state index contributed by atoms with van der Waals surface area (Å²) in [6.45, 7) is -0.602. The van der Waals surface area contributed by atoms with Crippen LogP contribution in [0.1, 0.15) is 12.1 Å². The molecule has 10 heteroatoms. The Morgan fingerprint density at radius 3 is 2.82 bits per heavy atom. The molecule has 0 bridgehead atoms. The van der Waals surface area contributed by atoms with Gasteiger partial charge in [-0.1, -0.05) is 18.2 Å². The van der Waals surface area contributed by atoms with Crippen LogP contribution in [0.2, 0.25) is 0 Å². The van der Waals surface area contributed by atoms with Gasteiger partial charge in [-0.2, -0.15) is 18.3 Å². The standard InChI is InChI=1S/C18H14ClF4N3O2/c19-13-6-1-2-7-14(13)26-17(9-15(25-26)18(21,22)23)28-10-16(27)24-12-5-3-4-11(20)8-12/h1-5,7-9,13H,6,10H2,(H,24,27). The predicted molar refractivity (Wildman–Crippen MR) is 95.4 cm³/mol. The molecule has 1 heterocycles. The van der Waals surface area contributed by atoms with E-state index in [0.29, 0.717) is 18.2 Å². The van der Waals surface area contributed by atoms with Crippen LogP contribution in [0, 0.1) is 5.82 Å². The second-order valence-corrected chi connectivity index (χ2v) is 6.37. The first kappa shape index (κ1) is 19.9. The van der Waals surface area contributed by atoms with Gasteiger partial charge in [-0.25, -0.2) is 9.07 Å². The van der Waals surface area contributed by atoms with Crippen molar-refractivity contribution in [2.75, 3.05) is 11.9 Å². The lowest BCUT2D eigenvalue weighted by molar-refractivity contribution is -0.141. The first-order valence-corrected chi connectivity index (χ1v) is 8.54. The van der Waals surface area contributed by atoms with Crippen molar-refractivity contribution in [3.63, 3.8) is 0 Å². The number of nitrogens with zero attached hydrogens (tertiary/aromatic N) is 2. The van der Waals surface area contributed by atoms with Crippen LogP contribution >= 0.6 is 11.6 Å². The first-order chi connectivity index (χ1) is 13.2. The highest BCUT2D eigenvalue weighted by Gasteiger charge is 2.36. The highest BCUT2D eigenvalue weighted by atomic mass is 35.5. The Labute approximate surface area is 162 Å². The largest absolute Gasteiger partial charge is 0.467 e. The van der Waals surface area contributed by atoms with E-state index < -0.39 is 35.6 Å². The zero-order valence-corrected chi connectivity index (χ0v) is 15.0. The third-order valence-electron chi connectivity index (χ3n) is 3.74. The van der Waals surface area contributed by atoms with E-state index in [1.165, 1.54) is 24.3 Å². The minimum Gasteiger partial charge on any atom is -0.467 e. The molecule has 1 atom stereocenters. The van der Waals surface area contributed by atoms with Gasteiger partial charge in [-0.3, -0.25) is 4.79 Å². The van der Waals surface area contributed by atoms with E-state index in [0.717, 1.165) is 10.7 Å². The van der Waals surface area contributed by atoms with Crippen LogP contribution in [0.5, 0.6) is 5.88 Å². The maximum absolute atomic E-state index is 13.2. The Morgan fingerprint density at radius 1 is 1.36 bits per heavy atom. The van der Waals surface area contributed by atoms with E-state index in [-0.39, 0.29) is 11.6 Å². The van der Waals surface area contributed by atoms with Crippen molar-refractivity contribution in [2.24, 2.45) is 0 Å². The number of rotatable bonds is 5. The summed E-state index contributed by atoms with van der Waals surface area (Å²) < 4.78 is 58.5. The normalized spacial score (nSPS) is 16.6. The van der Waals surface area contributed by atoms with Crippen molar-refractivity contribution >= 4 is 28.9 Å². The number of alkyl halides is 4. The third kappa shape index (κ3) is 4.72. The summed E-state index contributed by atoms with van der Waals surface area (Å²) >= 11 is 6.17. The van der Waals surface area contributed by atoms with E-state index in [4.69, 9.17) is 16.3 Å². The molecule has 148 valence electrons. The van der Waals surface area contributed by atoms with Crippen LogP contribution in [-0.4, -0.2) is 27.7 Å². The van der Waals surface area contributed by atoms with Crippen LogP contribution in [0.25, 0.3) is 5.70 Å². The molecule has 1 N–H and O–H groups in total. The van der Waals surface area contributed by atoms with Gasteiger partial charge >= 0.3 is 6.18 Å². The number of ether oxygens (including phenoxy) is 1. The number of amides is 1. The van der Waals surface area contributed by atoms with Gasteiger partial charge in [-0.15, -0.1) is 11.6 Å². The molecule has 1 aliphatic carbocycles. The maximum Gasteiger partial charge on any atom is 0.435 e. The van der Waals surface area contributed by atoms with E-state index in [1.54, 1.807) is 12.2 Å². The lowest BCUT2D eigenvalue weighted by Gasteiger charge is -2.17. The van der Waals surface area contributed by atoms with Crippen LogP contribution in [0.15, 0.2) is 48.6 Å². The Morgan fingerprint density at radius 2 is 2.14 bits per heavy atom. The molecule has 0 spiro atoms. The van der Waals surface area contributed by atoms with Gasteiger partial charge < -0.3 is 10.1 Å². The molecule has 1 unspecified atom stereocenters. The maximum atomic E-state index is 13.2. The highest BCUT2D eigenvalue weighted by Crippen LogP contribution is 2.34. The average molecular weight is 416 g/mol. The molecule has 0 radical (unpaired) electrons. The topological polar surface area (TPSA) is 56.1 Å². The summed E-state index contributed by atoms with van der Waals surface area (Å²) in [6.07, 6.45) is 0.647. The van der Waals surface area contributed by atoms with Gasteiger partial charge in [0.2, 0.25) is 5.88 Å². The molecule has 1 aromatic heterocycles. The summed E-state index contributed by atoms with van der Waals surface area (Å²) in [7, 11) is 0. The SMILES string of the molecule is O=C(COc1cc(C(F)(F)F)nn1C1=CC=CCC1Cl)Nc1cccc(F)c1. The monoisotopic (exact) mass is 415 g/mol. The highest BCUT2D eigenvalue weighted by molar-refractivity contribution is 6.25. The van der Waals surface area contributed by atoms with Gasteiger partial charge in [0.15, 0.2) is 12.3 Å². The number of halogens is 5. The minimum atomic E-state index is -4.69. The van der Waals surface area contributed by atoms with Crippen LogP contribution in [0.3, 0.4) is 0 Å². The van der Waals surface area contributed by atoms with Gasteiger partial charge in [0.25, 0.3) is 5.91 Å². The quantitative estimate of drug-likeness (QED) is 0.579. The zero-order chi connectivity index (χ0) is 20.3. The number of carbonyl (C=O) groups excluding carboxylic acids is 1. The average Bonchev–Trinajstić information content (AvgIpc) is 3.05. The molecule has 5 nitrogen and oxygen atoms in total. The summed E-state index contributed by atoms with van der Waals surface area (Å²) in [5.41, 5.74) is -0.688. The fourth-order valence-corrected chi connectivity index (χ4v) is 2.75. The predicted octanol–water partition coefficient (Wildman–Crippen LogP) is 4.47. The number of aromatic nitrogens is 2. The van der Waals surface area contributed by atoms with Crippen molar-refractivity contribution in [3.8, 4) is 5.88 Å². The van der Waals surface area contributed by atoms with Crippen LogP contribution < -0.4 is 10.1 Å². The molecule has 1 aromatic carbocycles. The van der Waals surface area contributed by atoms with Crippen molar-refractivity contribution < 1.29 is 27.1 Å². The summed E-state index contributed by atoms with van der Waals surface area (Å²) in [5.74, 6) is -1.50. The lowest BCUT2D eigenvalue weighted by Crippen LogP contribution is -2.22. The molecule has 1 aliphatic rings. The summed E-state index contributed by atoms with van der Waals surface area (Å²) in [5, 5.41) is 5.32. The smallest absolute Gasteiger partial charge is 0.435 e. The van der Waals surface area contributed by atoms with Crippen LogP contribution in [0.4, 0.5) is 23.2 Å². The van der Waals surface area contributed by atoms with Crippen LogP contribution in [-0.2, 0) is 11.0 Å². The number of allylic oxidation sites excluding steroid dienone is 4. The number of anilines is 1. The number of benzene rings is 1. The van der Waals surface area contributed by atoms with E-state index in [9.17, 15) is 22.4 Å². The van der Waals surface area contributed by atoms with Crippen molar-refractivity contribution in [3.05, 3.63) is 60.1 Å². The van der Waals surface area contributed by atoms with Gasteiger partial charge in [0.05, 0.1) is 11.1 Å². The summed E-state index contributed by atoms with van der Waals surface area (Å²) in [4.78, 5) is 12.0. The fraction of sp³-hybridized carbons (Fsp3) is 0.222. The molecule has 0 aliphatic heterocycles. The molecule has 0 saturated carbocycles. The number of nitrogens with one attached hydrogen (secondary N) is 1. The van der Waals surface area contributed by atoms with Gasteiger partial charge in [-0.05, 0) is 30.7 Å². The number of carbonyl (C=O) groups is 1. The number of hydrogen-bond acceptors (Lipinski definition) is 3. The van der Waals surface area contributed by atoms with E-state index in [1.807, 2.05) is 0 Å². The minimum absolute atomic E-state index is 0.194. The first-order valence-electron chi connectivity index (χ1n) is 8.10. The van der Waals surface area contributed by atoms with E-state index in [2.05, 4.69) is 10.4 Å². The van der Waals surface area contributed by atoms with E-state index >= 15 is 0 Å². The van der Waals surface area contributed by atoms with Gasteiger partial charge in [0.1, 0.15) is 5.82 Å². The molecule has 3 rings (SSSR count). The second-order valence-electron chi connectivity index (χ2n) is 5.85. The second kappa shape index (κ2) is 8.05. The molecular formula is C18H14ClF4N3O2. The van der Waals surface area contributed by atoms with Crippen molar-refractivity contribution in [1.82, 2.24) is 9.78 Å². The molecule has 28 heavy (non-hydrogen) atoms. The van der Waals surface area contributed by atoms with Crippen molar-refractivity contribution in [2.45, 2.75) is 18.0 Å². The third-order valence-corrected chi connectivity index (χ3v) is 4.14. The molecule has 0 saturated heterocycles. The molecule has 2 aromatic rings. The Hall–Kier alpha value is -2.81. The lowest BCUT2D eigenvalue weighted by atomic mass is 10.1. The Kier molecular flexibility index (Phi) is 5.73. The van der Waals surface area contributed by atoms with Gasteiger partial charge in [0, 0.05) is 11.8 Å². The molecule has 0 fully saturated rings.